The highest BCUT2D eigenvalue weighted by atomic mass is 35.5. The lowest BCUT2D eigenvalue weighted by molar-refractivity contribution is -0.140. The van der Waals surface area contributed by atoms with E-state index in [1.54, 1.807) is 18.2 Å². The molecule has 4 aromatic rings. The Balaban J connectivity index is 1.83. The summed E-state index contributed by atoms with van der Waals surface area (Å²) in [6.45, 7) is 4.71. The van der Waals surface area contributed by atoms with Gasteiger partial charge in [-0.2, -0.15) is 0 Å². The molecule has 0 bridgehead atoms. The predicted molar refractivity (Wildman–Crippen MR) is 176 cm³/mol. The summed E-state index contributed by atoms with van der Waals surface area (Å²) in [6.07, 6.45) is 0.143. The van der Waals surface area contributed by atoms with E-state index in [9.17, 15) is 22.4 Å². The summed E-state index contributed by atoms with van der Waals surface area (Å²) in [5.41, 5.74) is 0.787. The van der Waals surface area contributed by atoms with Crippen LogP contribution in [0.15, 0.2) is 108 Å². The summed E-state index contributed by atoms with van der Waals surface area (Å²) < 4.78 is 42.8. The highest BCUT2D eigenvalue weighted by molar-refractivity contribution is 7.92. The predicted octanol–water partition coefficient (Wildman–Crippen LogP) is 6.88. The van der Waals surface area contributed by atoms with Gasteiger partial charge in [-0.05, 0) is 74.4 Å². The van der Waals surface area contributed by atoms with Gasteiger partial charge in [0, 0.05) is 28.5 Å². The number of carbonyl (C=O) groups excluding carboxylic acids is 2. The number of hydrogen-bond donors (Lipinski definition) is 1. The fraction of sp³-hybridized carbons (Fsp3) is 0.235. The Bertz CT molecular complexity index is 1710. The van der Waals surface area contributed by atoms with Crippen molar-refractivity contribution in [2.45, 2.75) is 50.2 Å². The van der Waals surface area contributed by atoms with Crippen molar-refractivity contribution in [3.8, 4) is 0 Å². The Morgan fingerprint density at radius 3 is 1.93 bits per heavy atom. The molecular weight excluding hydrogens is 636 g/mol. The second-order valence-electron chi connectivity index (χ2n) is 11.5. The maximum Gasteiger partial charge on any atom is 0.264 e. The quantitative estimate of drug-likeness (QED) is 0.189. The van der Waals surface area contributed by atoms with Crippen LogP contribution in [0.5, 0.6) is 0 Å². The first-order chi connectivity index (χ1) is 21.2. The van der Waals surface area contributed by atoms with Crippen LogP contribution in [0.25, 0.3) is 0 Å². The smallest absolute Gasteiger partial charge is 0.264 e. The van der Waals surface area contributed by atoms with Crippen molar-refractivity contribution in [1.82, 2.24) is 10.2 Å². The van der Waals surface area contributed by atoms with Gasteiger partial charge in [-0.1, -0.05) is 83.9 Å². The van der Waals surface area contributed by atoms with Gasteiger partial charge in [0.05, 0.1) is 10.6 Å². The zero-order chi connectivity index (χ0) is 32.8. The number of benzene rings is 4. The van der Waals surface area contributed by atoms with E-state index in [1.807, 2.05) is 51.1 Å². The van der Waals surface area contributed by atoms with Crippen molar-refractivity contribution in [2.24, 2.45) is 0 Å². The van der Waals surface area contributed by atoms with Crippen LogP contribution in [0.4, 0.5) is 10.1 Å². The number of halogens is 3. The Morgan fingerprint density at radius 1 is 0.822 bits per heavy atom. The van der Waals surface area contributed by atoms with E-state index in [0.717, 1.165) is 9.87 Å². The number of rotatable bonds is 11. The summed E-state index contributed by atoms with van der Waals surface area (Å²) in [5.74, 6) is -1.55. The number of anilines is 1. The zero-order valence-electron chi connectivity index (χ0n) is 25.1. The lowest BCUT2D eigenvalue weighted by Crippen LogP contribution is -2.56. The van der Waals surface area contributed by atoms with Crippen LogP contribution < -0.4 is 9.62 Å². The van der Waals surface area contributed by atoms with Crippen molar-refractivity contribution in [3.63, 3.8) is 0 Å². The first-order valence-electron chi connectivity index (χ1n) is 14.2. The van der Waals surface area contributed by atoms with E-state index in [0.29, 0.717) is 5.56 Å². The van der Waals surface area contributed by atoms with Crippen LogP contribution in [0.1, 0.15) is 31.9 Å². The molecule has 4 aromatic carbocycles. The Morgan fingerprint density at radius 2 is 1.38 bits per heavy atom. The fourth-order valence-electron chi connectivity index (χ4n) is 4.73. The molecule has 0 heterocycles. The molecule has 0 spiro atoms. The number of nitrogens with zero attached hydrogens (tertiary/aromatic N) is 2. The average molecular weight is 671 g/mol. The number of carbonyl (C=O) groups is 2. The molecule has 0 aliphatic heterocycles. The van der Waals surface area contributed by atoms with Crippen molar-refractivity contribution in [1.29, 1.82) is 0 Å². The molecule has 45 heavy (non-hydrogen) atoms. The Hall–Kier alpha value is -3.92. The summed E-state index contributed by atoms with van der Waals surface area (Å²) in [6, 6.07) is 25.6. The molecule has 1 atom stereocenters. The third-order valence-corrected chi connectivity index (χ3v) is 9.01. The van der Waals surface area contributed by atoms with Crippen LogP contribution in [-0.4, -0.2) is 43.3 Å². The molecule has 0 aliphatic carbocycles. The maximum atomic E-state index is 14.4. The Kier molecular flexibility index (Phi) is 10.9. The van der Waals surface area contributed by atoms with Gasteiger partial charge in [0.25, 0.3) is 10.0 Å². The molecule has 2 amide bonds. The minimum atomic E-state index is -4.31. The highest BCUT2D eigenvalue weighted by Crippen LogP contribution is 2.30. The van der Waals surface area contributed by atoms with Gasteiger partial charge in [-0.15, -0.1) is 0 Å². The normalized spacial score (nSPS) is 12.3. The minimum Gasteiger partial charge on any atom is -0.350 e. The van der Waals surface area contributed by atoms with Gasteiger partial charge in [0.1, 0.15) is 18.4 Å². The molecule has 4 rings (SSSR count). The van der Waals surface area contributed by atoms with Crippen molar-refractivity contribution in [2.75, 3.05) is 10.8 Å². The largest absolute Gasteiger partial charge is 0.350 e. The lowest BCUT2D eigenvalue weighted by atomic mass is 10.0. The Labute approximate surface area is 273 Å². The van der Waals surface area contributed by atoms with Crippen LogP contribution in [0, 0.1) is 5.82 Å². The molecule has 0 aliphatic rings. The summed E-state index contributed by atoms with van der Waals surface area (Å²) >= 11 is 12.5. The van der Waals surface area contributed by atoms with E-state index in [2.05, 4.69) is 5.32 Å². The van der Waals surface area contributed by atoms with Crippen LogP contribution in [0.3, 0.4) is 0 Å². The second kappa shape index (κ2) is 14.5. The number of nitrogens with one attached hydrogen (secondary N) is 1. The zero-order valence-corrected chi connectivity index (χ0v) is 27.4. The minimum absolute atomic E-state index is 0.0507. The molecule has 0 saturated carbocycles. The van der Waals surface area contributed by atoms with Gasteiger partial charge in [-0.3, -0.25) is 13.9 Å². The topological polar surface area (TPSA) is 86.8 Å². The summed E-state index contributed by atoms with van der Waals surface area (Å²) in [5, 5.41) is 3.31. The lowest BCUT2D eigenvalue weighted by Gasteiger charge is -2.35. The first-order valence-corrected chi connectivity index (χ1v) is 16.4. The second-order valence-corrected chi connectivity index (χ2v) is 14.3. The van der Waals surface area contributed by atoms with Gasteiger partial charge < -0.3 is 10.2 Å². The standard InChI is InChI=1S/C34H34Cl2FN3O4S/c1-34(2,3)38-33(42)31(18-24-10-6-4-7-11-24)39(22-25-14-16-28(37)17-15-25)32(41)23-40(29-20-26(35)19-27(36)21-29)45(43,44)30-12-8-5-9-13-30/h4-17,19-21,31H,18,22-23H2,1-3H3,(H,38,42)/t31-/m1/s1. The van der Waals surface area contributed by atoms with E-state index in [4.69, 9.17) is 23.2 Å². The van der Waals surface area contributed by atoms with Gasteiger partial charge in [0.2, 0.25) is 11.8 Å². The van der Waals surface area contributed by atoms with E-state index >= 15 is 0 Å². The molecule has 0 radical (unpaired) electrons. The van der Waals surface area contributed by atoms with Crippen LogP contribution >= 0.6 is 23.2 Å². The van der Waals surface area contributed by atoms with E-state index in [-0.39, 0.29) is 33.6 Å². The molecule has 0 aromatic heterocycles. The molecule has 236 valence electrons. The SMILES string of the molecule is CC(C)(C)NC(=O)[C@@H](Cc1ccccc1)N(Cc1ccc(F)cc1)C(=O)CN(c1cc(Cl)cc(Cl)c1)S(=O)(=O)c1ccccc1. The third kappa shape index (κ3) is 9.29. The first kappa shape index (κ1) is 34.0. The summed E-state index contributed by atoms with van der Waals surface area (Å²) in [4.78, 5) is 29.6. The molecule has 7 nitrogen and oxygen atoms in total. The molecule has 0 saturated heterocycles. The van der Waals surface area contributed by atoms with Gasteiger partial charge in [0.15, 0.2) is 0 Å². The number of sulfonamides is 1. The maximum absolute atomic E-state index is 14.4. The fourth-order valence-corrected chi connectivity index (χ4v) is 6.66. The number of hydrogen-bond acceptors (Lipinski definition) is 4. The van der Waals surface area contributed by atoms with Crippen LogP contribution in [0.2, 0.25) is 10.0 Å². The van der Waals surface area contributed by atoms with Gasteiger partial charge >= 0.3 is 0 Å². The van der Waals surface area contributed by atoms with Gasteiger partial charge in [-0.25, -0.2) is 12.8 Å². The number of amides is 2. The molecular formula is C34H34Cl2FN3O4S. The van der Waals surface area contributed by atoms with E-state index < -0.39 is 45.8 Å². The molecule has 1 N–H and O–H groups in total. The third-order valence-electron chi connectivity index (χ3n) is 6.78. The van der Waals surface area contributed by atoms with Crippen molar-refractivity contribution < 1.29 is 22.4 Å². The molecule has 11 heteroatoms. The van der Waals surface area contributed by atoms with Crippen molar-refractivity contribution in [3.05, 3.63) is 130 Å². The van der Waals surface area contributed by atoms with Crippen molar-refractivity contribution >= 4 is 50.7 Å². The molecule has 0 unspecified atom stereocenters. The summed E-state index contributed by atoms with van der Waals surface area (Å²) in [7, 11) is -4.31. The van der Waals surface area contributed by atoms with Crippen LogP contribution in [-0.2, 0) is 32.6 Å². The van der Waals surface area contributed by atoms with E-state index in [1.165, 1.54) is 59.5 Å². The average Bonchev–Trinajstić information content (AvgIpc) is 2.98. The monoisotopic (exact) mass is 669 g/mol. The molecule has 0 fully saturated rings. The highest BCUT2D eigenvalue weighted by Gasteiger charge is 2.35.